The molecule has 0 aliphatic heterocycles. The van der Waals surface area contributed by atoms with Crippen molar-refractivity contribution in [3.63, 3.8) is 0 Å². The summed E-state index contributed by atoms with van der Waals surface area (Å²) in [6, 6.07) is 0.00298. The molecule has 1 unspecified atom stereocenters. The lowest BCUT2D eigenvalue weighted by atomic mass is 9.89. The molecule has 0 fully saturated rings. The van der Waals surface area contributed by atoms with Crippen molar-refractivity contribution >= 4 is 5.91 Å². The first-order chi connectivity index (χ1) is 9.72. The van der Waals surface area contributed by atoms with Crippen LogP contribution in [0.5, 0.6) is 0 Å². The van der Waals surface area contributed by atoms with E-state index in [2.05, 4.69) is 39.9 Å². The first-order valence-electron chi connectivity index (χ1n) is 7.71. The molecule has 0 bridgehead atoms. The van der Waals surface area contributed by atoms with Gasteiger partial charge in [-0.1, -0.05) is 13.8 Å². The van der Waals surface area contributed by atoms with Gasteiger partial charge in [0.25, 0.3) is 5.91 Å². The minimum atomic E-state index is -0.0247. The van der Waals surface area contributed by atoms with Gasteiger partial charge in [0.05, 0.1) is 0 Å². The third kappa shape index (κ3) is 3.65. The lowest BCUT2D eigenvalue weighted by Gasteiger charge is -2.24. The Bertz CT molecular complexity index is 504. The van der Waals surface area contributed by atoms with Gasteiger partial charge in [-0.15, -0.1) is 0 Å². The smallest absolute Gasteiger partial charge is 0.252 e. The normalized spacial score (nSPS) is 12.6. The summed E-state index contributed by atoms with van der Waals surface area (Å²) in [6.07, 6.45) is 0.589. The number of hydrogen-bond donors (Lipinski definition) is 2. The number of benzene rings is 1. The van der Waals surface area contributed by atoms with Crippen LogP contribution in [0.3, 0.4) is 0 Å². The summed E-state index contributed by atoms with van der Waals surface area (Å²) >= 11 is 0. The molecule has 2 N–H and O–H groups in total. The van der Waals surface area contributed by atoms with E-state index in [4.69, 9.17) is 5.11 Å². The van der Waals surface area contributed by atoms with Crippen LogP contribution in [0.2, 0.25) is 0 Å². The Balaban J connectivity index is 3.19. The molecule has 0 aliphatic rings. The number of carbonyl (C=O) groups excluding carboxylic acids is 1. The SMILES string of the molecule is Cc1c(C)c(C)c(C(=O)NC(CCO)C(C)C)c(C)c1C. The van der Waals surface area contributed by atoms with E-state index in [1.807, 2.05) is 13.8 Å². The van der Waals surface area contributed by atoms with Gasteiger partial charge < -0.3 is 10.4 Å². The van der Waals surface area contributed by atoms with Crippen LogP contribution in [0.25, 0.3) is 0 Å². The average molecular weight is 291 g/mol. The number of aliphatic hydroxyl groups excluding tert-OH is 1. The molecule has 0 saturated carbocycles. The predicted octanol–water partition coefficient (Wildman–Crippen LogP) is 3.37. The maximum absolute atomic E-state index is 12.7. The Morgan fingerprint density at radius 3 is 1.76 bits per heavy atom. The monoisotopic (exact) mass is 291 g/mol. The second-order valence-electron chi connectivity index (χ2n) is 6.34. The topological polar surface area (TPSA) is 49.3 Å². The fourth-order valence-corrected chi connectivity index (χ4v) is 2.79. The highest BCUT2D eigenvalue weighted by molar-refractivity contribution is 5.98. The number of aliphatic hydroxyl groups is 1. The molecule has 1 rings (SSSR count). The third-order valence-corrected chi connectivity index (χ3v) is 4.79. The first-order valence-corrected chi connectivity index (χ1v) is 7.71. The molecule has 0 heterocycles. The maximum Gasteiger partial charge on any atom is 0.252 e. The molecule has 1 aromatic rings. The highest BCUT2D eigenvalue weighted by Crippen LogP contribution is 2.26. The van der Waals surface area contributed by atoms with Crippen molar-refractivity contribution in [3.05, 3.63) is 33.4 Å². The van der Waals surface area contributed by atoms with Crippen molar-refractivity contribution in [3.8, 4) is 0 Å². The van der Waals surface area contributed by atoms with Gasteiger partial charge >= 0.3 is 0 Å². The molecule has 21 heavy (non-hydrogen) atoms. The largest absolute Gasteiger partial charge is 0.396 e. The molecule has 3 nitrogen and oxygen atoms in total. The predicted molar refractivity (Wildman–Crippen MR) is 87.9 cm³/mol. The van der Waals surface area contributed by atoms with Crippen molar-refractivity contribution in [2.45, 2.75) is 60.9 Å². The average Bonchev–Trinajstić information content (AvgIpc) is 2.42. The molecular formula is C18H29NO2. The summed E-state index contributed by atoms with van der Waals surface area (Å²) in [5, 5.41) is 12.2. The minimum Gasteiger partial charge on any atom is -0.396 e. The number of nitrogens with one attached hydrogen (secondary N) is 1. The number of amides is 1. The van der Waals surface area contributed by atoms with E-state index >= 15 is 0 Å². The van der Waals surface area contributed by atoms with E-state index < -0.39 is 0 Å². The van der Waals surface area contributed by atoms with E-state index in [0.717, 1.165) is 16.7 Å². The van der Waals surface area contributed by atoms with Crippen LogP contribution in [-0.4, -0.2) is 23.7 Å². The highest BCUT2D eigenvalue weighted by Gasteiger charge is 2.21. The van der Waals surface area contributed by atoms with Crippen LogP contribution in [-0.2, 0) is 0 Å². The van der Waals surface area contributed by atoms with Gasteiger partial charge in [-0.25, -0.2) is 0 Å². The fourth-order valence-electron chi connectivity index (χ4n) is 2.79. The maximum atomic E-state index is 12.7. The molecule has 1 atom stereocenters. The van der Waals surface area contributed by atoms with Crippen LogP contribution >= 0.6 is 0 Å². The minimum absolute atomic E-state index is 0.00298. The molecule has 118 valence electrons. The second-order valence-corrected chi connectivity index (χ2v) is 6.34. The Morgan fingerprint density at radius 1 is 0.952 bits per heavy atom. The first kappa shape index (κ1) is 17.7. The second kappa shape index (κ2) is 7.08. The van der Waals surface area contributed by atoms with Crippen molar-refractivity contribution in [1.29, 1.82) is 0 Å². The van der Waals surface area contributed by atoms with Gasteiger partial charge in [0.15, 0.2) is 0 Å². The summed E-state index contributed by atoms with van der Waals surface area (Å²) in [6.45, 7) is 14.5. The number of rotatable bonds is 5. The van der Waals surface area contributed by atoms with Crippen LogP contribution < -0.4 is 5.32 Å². The van der Waals surface area contributed by atoms with E-state index in [1.54, 1.807) is 0 Å². The molecule has 1 amide bonds. The summed E-state index contributed by atoms with van der Waals surface area (Å²) in [4.78, 5) is 12.7. The third-order valence-electron chi connectivity index (χ3n) is 4.79. The zero-order chi connectivity index (χ0) is 16.3. The van der Waals surface area contributed by atoms with Gasteiger partial charge in [-0.2, -0.15) is 0 Å². The molecule has 0 aliphatic carbocycles. The van der Waals surface area contributed by atoms with Crippen LogP contribution in [0.15, 0.2) is 0 Å². The summed E-state index contributed by atoms with van der Waals surface area (Å²) in [5.41, 5.74) is 6.54. The van der Waals surface area contributed by atoms with Crippen LogP contribution in [0, 0.1) is 40.5 Å². The summed E-state index contributed by atoms with van der Waals surface area (Å²) < 4.78 is 0. The summed E-state index contributed by atoms with van der Waals surface area (Å²) in [5.74, 6) is 0.276. The van der Waals surface area contributed by atoms with Gasteiger partial charge in [-0.05, 0) is 74.8 Å². The standard InChI is InChI=1S/C18H29NO2/c1-10(2)16(8-9-20)19-18(21)17-14(6)12(4)11(3)13(5)15(17)7/h10,16,20H,8-9H2,1-7H3,(H,19,21). The zero-order valence-corrected chi connectivity index (χ0v) is 14.4. The number of hydrogen-bond acceptors (Lipinski definition) is 2. The van der Waals surface area contributed by atoms with E-state index in [1.165, 1.54) is 16.7 Å². The lowest BCUT2D eigenvalue weighted by Crippen LogP contribution is -2.40. The van der Waals surface area contributed by atoms with Crippen molar-refractivity contribution in [1.82, 2.24) is 5.32 Å². The Hall–Kier alpha value is -1.35. The fraction of sp³-hybridized carbons (Fsp3) is 0.611. The van der Waals surface area contributed by atoms with Crippen molar-refractivity contribution < 1.29 is 9.90 Å². The Labute approximate surface area is 128 Å². The number of carbonyl (C=O) groups is 1. The van der Waals surface area contributed by atoms with E-state index in [9.17, 15) is 4.79 Å². The van der Waals surface area contributed by atoms with Gasteiger partial charge in [0.2, 0.25) is 0 Å². The van der Waals surface area contributed by atoms with E-state index in [0.29, 0.717) is 12.3 Å². The lowest BCUT2D eigenvalue weighted by molar-refractivity contribution is 0.0915. The Kier molecular flexibility index (Phi) is 5.97. The zero-order valence-electron chi connectivity index (χ0n) is 14.4. The van der Waals surface area contributed by atoms with Crippen LogP contribution in [0.1, 0.15) is 58.4 Å². The van der Waals surface area contributed by atoms with Gasteiger partial charge in [0.1, 0.15) is 0 Å². The van der Waals surface area contributed by atoms with Gasteiger partial charge in [0, 0.05) is 18.2 Å². The molecular weight excluding hydrogens is 262 g/mol. The summed E-state index contributed by atoms with van der Waals surface area (Å²) in [7, 11) is 0. The molecule has 0 aromatic heterocycles. The van der Waals surface area contributed by atoms with Crippen molar-refractivity contribution in [2.75, 3.05) is 6.61 Å². The molecule has 3 heteroatoms. The molecule has 0 radical (unpaired) electrons. The quantitative estimate of drug-likeness (QED) is 0.874. The van der Waals surface area contributed by atoms with Crippen LogP contribution in [0.4, 0.5) is 0 Å². The Morgan fingerprint density at radius 2 is 1.38 bits per heavy atom. The molecule has 0 spiro atoms. The molecule has 0 saturated heterocycles. The van der Waals surface area contributed by atoms with Gasteiger partial charge in [-0.3, -0.25) is 4.79 Å². The highest BCUT2D eigenvalue weighted by atomic mass is 16.3. The van der Waals surface area contributed by atoms with Crippen molar-refractivity contribution in [2.24, 2.45) is 5.92 Å². The molecule has 1 aromatic carbocycles. The van der Waals surface area contributed by atoms with E-state index in [-0.39, 0.29) is 18.6 Å².